The van der Waals surface area contributed by atoms with Crippen LogP contribution in [0, 0.1) is 5.92 Å². The van der Waals surface area contributed by atoms with Gasteiger partial charge in [-0.05, 0) is 49.3 Å². The van der Waals surface area contributed by atoms with Crippen LogP contribution in [0.15, 0.2) is 18.2 Å². The quantitative estimate of drug-likeness (QED) is 0.923. The molecule has 3 fully saturated rings. The Labute approximate surface area is 143 Å². The number of likely N-dealkylation sites (tertiary alicyclic amines) is 1. The lowest BCUT2D eigenvalue weighted by molar-refractivity contribution is -0.231. The molecule has 2 heterocycles. The van der Waals surface area contributed by atoms with E-state index in [4.69, 9.17) is 9.47 Å². The lowest BCUT2D eigenvalue weighted by Gasteiger charge is -2.47. The van der Waals surface area contributed by atoms with Gasteiger partial charge in [-0.3, -0.25) is 4.90 Å². The van der Waals surface area contributed by atoms with Crippen LogP contribution in [0.2, 0.25) is 0 Å². The van der Waals surface area contributed by atoms with Crippen LogP contribution in [0.3, 0.4) is 0 Å². The molecule has 1 aromatic rings. The van der Waals surface area contributed by atoms with E-state index in [0.717, 1.165) is 61.7 Å². The first-order valence-electron chi connectivity index (χ1n) is 9.60. The molecule has 0 radical (unpaired) electrons. The van der Waals surface area contributed by atoms with Gasteiger partial charge in [-0.1, -0.05) is 12.5 Å². The van der Waals surface area contributed by atoms with E-state index in [1.165, 1.54) is 19.3 Å². The third-order valence-electron chi connectivity index (χ3n) is 6.43. The molecule has 0 aromatic heterocycles. The number of rotatable bonds is 3. The molecule has 1 aromatic carbocycles. The van der Waals surface area contributed by atoms with Crippen LogP contribution in [0.1, 0.15) is 62.2 Å². The lowest BCUT2D eigenvalue weighted by atomic mass is 9.89. The van der Waals surface area contributed by atoms with E-state index < -0.39 is 5.79 Å². The number of nitrogens with zero attached hydrogens (tertiary/aromatic N) is 1. The maximum Gasteiger partial charge on any atom is 0.213 e. The third-order valence-corrected chi connectivity index (χ3v) is 6.43. The van der Waals surface area contributed by atoms with E-state index in [1.807, 2.05) is 12.1 Å². The van der Waals surface area contributed by atoms with Gasteiger partial charge >= 0.3 is 0 Å². The Morgan fingerprint density at radius 3 is 2.58 bits per heavy atom. The van der Waals surface area contributed by atoms with Gasteiger partial charge in [0.05, 0.1) is 12.7 Å². The van der Waals surface area contributed by atoms with Gasteiger partial charge in [0.15, 0.2) is 0 Å². The summed E-state index contributed by atoms with van der Waals surface area (Å²) >= 11 is 0. The predicted molar refractivity (Wildman–Crippen MR) is 90.7 cm³/mol. The fourth-order valence-corrected chi connectivity index (χ4v) is 4.35. The second kappa shape index (κ2) is 5.72. The van der Waals surface area contributed by atoms with Crippen molar-refractivity contribution in [3.8, 4) is 5.75 Å². The van der Waals surface area contributed by atoms with Crippen LogP contribution in [0.25, 0.3) is 0 Å². The monoisotopic (exact) mass is 329 g/mol. The summed E-state index contributed by atoms with van der Waals surface area (Å²) in [6, 6.07) is 6.96. The van der Waals surface area contributed by atoms with E-state index in [9.17, 15) is 5.11 Å². The first kappa shape index (κ1) is 15.2. The molecular weight excluding hydrogens is 302 g/mol. The lowest BCUT2D eigenvalue weighted by Crippen LogP contribution is -2.54. The minimum Gasteiger partial charge on any atom is -0.462 e. The molecular formula is C20H27NO3. The molecule has 2 aliphatic heterocycles. The zero-order chi connectivity index (χ0) is 16.1. The Hall–Kier alpha value is -1.10. The average molecular weight is 329 g/mol. The number of hydrogen-bond acceptors (Lipinski definition) is 4. The first-order chi connectivity index (χ1) is 11.7. The van der Waals surface area contributed by atoms with Gasteiger partial charge in [0.25, 0.3) is 0 Å². The molecule has 4 heteroatoms. The minimum atomic E-state index is -0.427. The molecule has 1 spiro atoms. The molecule has 4 nitrogen and oxygen atoms in total. The van der Waals surface area contributed by atoms with Crippen molar-refractivity contribution in [2.24, 2.45) is 5.92 Å². The van der Waals surface area contributed by atoms with Crippen LogP contribution in [0.5, 0.6) is 5.75 Å². The van der Waals surface area contributed by atoms with Gasteiger partial charge in [-0.15, -0.1) is 0 Å². The van der Waals surface area contributed by atoms with Crippen molar-refractivity contribution >= 4 is 0 Å². The molecule has 0 amide bonds. The highest BCUT2D eigenvalue weighted by molar-refractivity contribution is 5.39. The summed E-state index contributed by atoms with van der Waals surface area (Å²) < 4.78 is 12.5. The van der Waals surface area contributed by atoms with Crippen LogP contribution >= 0.6 is 0 Å². The SMILES string of the molecule is OC(c1ccc2c(c1)COC1(CCN(C3CCC3)CC1)O2)C1CC1. The van der Waals surface area contributed by atoms with Crippen LogP contribution in [-0.2, 0) is 11.3 Å². The average Bonchev–Trinajstić information content (AvgIpc) is 3.39. The highest BCUT2D eigenvalue weighted by Crippen LogP contribution is 2.44. The number of aliphatic hydroxyl groups excluding tert-OH is 1. The van der Waals surface area contributed by atoms with Gasteiger partial charge in [-0.2, -0.15) is 0 Å². The number of benzene rings is 1. The zero-order valence-corrected chi connectivity index (χ0v) is 14.2. The maximum absolute atomic E-state index is 10.3. The molecule has 4 aliphatic rings. The second-order valence-corrected chi connectivity index (χ2v) is 8.07. The molecule has 1 saturated heterocycles. The molecule has 1 unspecified atom stereocenters. The van der Waals surface area contributed by atoms with E-state index in [2.05, 4.69) is 11.0 Å². The molecule has 0 bridgehead atoms. The molecule has 24 heavy (non-hydrogen) atoms. The molecule has 2 saturated carbocycles. The summed E-state index contributed by atoms with van der Waals surface area (Å²) in [5.41, 5.74) is 2.10. The Morgan fingerprint density at radius 2 is 1.92 bits per heavy atom. The number of hydrogen-bond donors (Lipinski definition) is 1. The van der Waals surface area contributed by atoms with Crippen molar-refractivity contribution in [2.75, 3.05) is 13.1 Å². The van der Waals surface area contributed by atoms with Crippen molar-refractivity contribution in [1.29, 1.82) is 0 Å². The molecule has 1 atom stereocenters. The van der Waals surface area contributed by atoms with Crippen molar-refractivity contribution < 1.29 is 14.6 Å². The topological polar surface area (TPSA) is 41.9 Å². The van der Waals surface area contributed by atoms with Gasteiger partial charge < -0.3 is 14.6 Å². The summed E-state index contributed by atoms with van der Waals surface area (Å²) in [4.78, 5) is 2.62. The molecule has 1 N–H and O–H groups in total. The summed E-state index contributed by atoms with van der Waals surface area (Å²) in [5, 5.41) is 10.3. The summed E-state index contributed by atoms with van der Waals surface area (Å²) in [6.07, 6.45) is 7.99. The van der Waals surface area contributed by atoms with Gasteiger partial charge in [-0.25, -0.2) is 0 Å². The fraction of sp³-hybridized carbons (Fsp3) is 0.700. The van der Waals surface area contributed by atoms with Crippen molar-refractivity contribution in [1.82, 2.24) is 4.90 Å². The summed E-state index contributed by atoms with van der Waals surface area (Å²) in [6.45, 7) is 2.76. The Bertz CT molecular complexity index is 615. The van der Waals surface area contributed by atoms with Crippen LogP contribution < -0.4 is 4.74 Å². The Balaban J connectivity index is 1.28. The van der Waals surface area contributed by atoms with Gasteiger partial charge in [0.2, 0.25) is 5.79 Å². The Morgan fingerprint density at radius 1 is 1.12 bits per heavy atom. The van der Waals surface area contributed by atoms with Gasteiger partial charge in [0.1, 0.15) is 5.75 Å². The molecule has 2 aliphatic carbocycles. The zero-order valence-electron chi connectivity index (χ0n) is 14.2. The van der Waals surface area contributed by atoms with Crippen molar-refractivity contribution in [3.05, 3.63) is 29.3 Å². The van der Waals surface area contributed by atoms with Gasteiger partial charge in [0, 0.05) is 37.5 Å². The van der Waals surface area contributed by atoms with Crippen molar-refractivity contribution in [3.63, 3.8) is 0 Å². The minimum absolute atomic E-state index is 0.322. The second-order valence-electron chi connectivity index (χ2n) is 8.07. The number of ether oxygens (including phenoxy) is 2. The highest BCUT2D eigenvalue weighted by Gasteiger charge is 2.43. The van der Waals surface area contributed by atoms with E-state index >= 15 is 0 Å². The third kappa shape index (κ3) is 2.65. The fourth-order valence-electron chi connectivity index (χ4n) is 4.35. The van der Waals surface area contributed by atoms with Crippen LogP contribution in [0.4, 0.5) is 0 Å². The summed E-state index contributed by atoms with van der Waals surface area (Å²) in [7, 11) is 0. The number of fused-ring (bicyclic) bond motifs is 1. The molecule has 130 valence electrons. The Kier molecular flexibility index (Phi) is 3.62. The number of piperidine rings is 1. The van der Waals surface area contributed by atoms with E-state index in [-0.39, 0.29) is 6.10 Å². The predicted octanol–water partition coefficient (Wildman–Crippen LogP) is 3.38. The van der Waals surface area contributed by atoms with Crippen LogP contribution in [-0.4, -0.2) is 34.9 Å². The van der Waals surface area contributed by atoms with E-state index in [1.54, 1.807) is 0 Å². The smallest absolute Gasteiger partial charge is 0.213 e. The van der Waals surface area contributed by atoms with E-state index in [0.29, 0.717) is 12.5 Å². The maximum atomic E-state index is 10.3. The van der Waals surface area contributed by atoms with Crippen molar-refractivity contribution in [2.45, 2.75) is 69.5 Å². The normalized spacial score (nSPS) is 28.0. The summed E-state index contributed by atoms with van der Waals surface area (Å²) in [5.74, 6) is 0.977. The largest absolute Gasteiger partial charge is 0.462 e. The molecule has 5 rings (SSSR count). The standard InChI is InChI=1S/C20H27NO3/c22-19(14-4-5-14)15-6-7-18-16(12-15)13-23-20(24-18)8-10-21(11-9-20)17-2-1-3-17/h6-7,12,14,17,19,22H,1-5,8-11,13H2. The number of aliphatic hydroxyl groups is 1. The first-order valence-corrected chi connectivity index (χ1v) is 9.60. The highest BCUT2D eigenvalue weighted by atomic mass is 16.7.